The molecule has 210 valence electrons. The third kappa shape index (κ3) is 4.52. The Morgan fingerprint density at radius 3 is 2.66 bits per heavy atom. The van der Waals surface area contributed by atoms with Crippen molar-refractivity contribution >= 4 is 27.6 Å². The Kier molecular flexibility index (Phi) is 6.40. The first-order valence-corrected chi connectivity index (χ1v) is 14.3. The SMILES string of the molecule is C#Cc1c(F)ccc2cc(O)cc(-c3cnc4c(N5CC6CCC(C5)N6)nc(OCC5CCCN5C)nc4c3C)c12. The van der Waals surface area contributed by atoms with Crippen molar-refractivity contribution in [1.29, 1.82) is 0 Å². The topological polar surface area (TPSA) is 86.6 Å². The zero-order chi connectivity index (χ0) is 28.2. The number of likely N-dealkylation sites (tertiary alicyclic amines) is 1. The number of phenols is 1. The van der Waals surface area contributed by atoms with Gasteiger partial charge in [0.05, 0.1) is 5.56 Å². The number of nitrogens with zero attached hydrogens (tertiary/aromatic N) is 5. The molecule has 3 fully saturated rings. The van der Waals surface area contributed by atoms with Gasteiger partial charge >= 0.3 is 6.01 Å². The third-order valence-electron chi connectivity index (χ3n) is 9.01. The van der Waals surface area contributed by atoms with Gasteiger partial charge in [0.25, 0.3) is 0 Å². The number of fused-ring (bicyclic) bond motifs is 4. The minimum Gasteiger partial charge on any atom is -0.508 e. The van der Waals surface area contributed by atoms with Crippen molar-refractivity contribution in [2.75, 3.05) is 38.2 Å². The number of halogens is 1. The summed E-state index contributed by atoms with van der Waals surface area (Å²) in [5, 5.41) is 15.5. The molecule has 7 rings (SSSR count). The van der Waals surface area contributed by atoms with Crippen LogP contribution in [0.25, 0.3) is 32.9 Å². The Morgan fingerprint density at radius 1 is 1.12 bits per heavy atom. The van der Waals surface area contributed by atoms with Crippen molar-refractivity contribution in [1.82, 2.24) is 25.2 Å². The van der Waals surface area contributed by atoms with Crippen LogP contribution in [0.4, 0.5) is 10.2 Å². The summed E-state index contributed by atoms with van der Waals surface area (Å²) in [5.41, 5.74) is 3.68. The van der Waals surface area contributed by atoms with Crippen LogP contribution in [0.5, 0.6) is 11.8 Å². The van der Waals surface area contributed by atoms with E-state index in [1.807, 2.05) is 6.92 Å². The van der Waals surface area contributed by atoms with Gasteiger partial charge in [0.2, 0.25) is 0 Å². The summed E-state index contributed by atoms with van der Waals surface area (Å²) in [7, 11) is 2.12. The summed E-state index contributed by atoms with van der Waals surface area (Å²) in [6, 6.07) is 7.67. The van der Waals surface area contributed by atoms with E-state index in [0.29, 0.717) is 63.7 Å². The van der Waals surface area contributed by atoms with Crippen LogP contribution in [-0.2, 0) is 0 Å². The van der Waals surface area contributed by atoms with Gasteiger partial charge in [-0.2, -0.15) is 9.97 Å². The first-order chi connectivity index (χ1) is 19.9. The van der Waals surface area contributed by atoms with E-state index in [9.17, 15) is 9.50 Å². The molecule has 0 saturated carbocycles. The van der Waals surface area contributed by atoms with E-state index >= 15 is 0 Å². The maximum atomic E-state index is 14.8. The van der Waals surface area contributed by atoms with Crippen molar-refractivity contribution in [2.45, 2.75) is 50.7 Å². The molecule has 0 spiro atoms. The first-order valence-electron chi connectivity index (χ1n) is 14.3. The molecule has 9 heteroatoms. The molecule has 0 amide bonds. The molecule has 2 bridgehead atoms. The van der Waals surface area contributed by atoms with Crippen LogP contribution in [-0.4, -0.2) is 76.4 Å². The number of aryl methyl sites for hydroxylation is 1. The quantitative estimate of drug-likeness (QED) is 0.353. The zero-order valence-corrected chi connectivity index (χ0v) is 23.3. The number of aromatic nitrogens is 3. The Balaban J connectivity index is 1.39. The molecule has 4 aromatic rings. The lowest BCUT2D eigenvalue weighted by Gasteiger charge is -2.34. The zero-order valence-electron chi connectivity index (χ0n) is 23.3. The van der Waals surface area contributed by atoms with Gasteiger partial charge in [0, 0.05) is 48.4 Å². The number of likely N-dealkylation sites (N-methyl/N-ethyl adjacent to an activating group) is 1. The average Bonchev–Trinajstić information content (AvgIpc) is 3.54. The fourth-order valence-corrected chi connectivity index (χ4v) is 6.82. The second-order valence-electron chi connectivity index (χ2n) is 11.6. The molecule has 0 radical (unpaired) electrons. The highest BCUT2D eigenvalue weighted by atomic mass is 19.1. The van der Waals surface area contributed by atoms with Gasteiger partial charge in [0.15, 0.2) is 5.82 Å². The standard InChI is InChI=1S/C32H33FN6O2/c1-4-24-27(33)10-7-19-12-23(40)13-25(28(19)24)26-14-34-30-29(18(26)2)36-32(41-17-22-6-5-11-38(22)3)37-31(30)39-15-20-8-9-21(16-39)35-20/h1,7,10,12-14,20-22,35,40H,5-6,8-9,11,15-17H2,2-3H3. The molecule has 41 heavy (non-hydrogen) atoms. The smallest absolute Gasteiger partial charge is 0.319 e. The Labute approximate surface area is 238 Å². The lowest BCUT2D eigenvalue weighted by Crippen LogP contribution is -2.51. The van der Waals surface area contributed by atoms with Crippen LogP contribution in [0.2, 0.25) is 0 Å². The number of nitrogens with one attached hydrogen (secondary N) is 1. The molecule has 3 saturated heterocycles. The second-order valence-corrected chi connectivity index (χ2v) is 11.6. The van der Waals surface area contributed by atoms with Crippen LogP contribution < -0.4 is 15.0 Å². The maximum Gasteiger partial charge on any atom is 0.319 e. The van der Waals surface area contributed by atoms with E-state index in [1.165, 1.54) is 6.07 Å². The van der Waals surface area contributed by atoms with Crippen LogP contribution in [0.3, 0.4) is 0 Å². The largest absolute Gasteiger partial charge is 0.508 e. The number of benzene rings is 2. The van der Waals surface area contributed by atoms with E-state index in [0.717, 1.165) is 56.7 Å². The van der Waals surface area contributed by atoms with E-state index in [-0.39, 0.29) is 11.3 Å². The van der Waals surface area contributed by atoms with Crippen molar-refractivity contribution in [3.05, 3.63) is 47.4 Å². The number of hydrogen-bond donors (Lipinski definition) is 2. The number of phenolic OH excluding ortho intramolecular Hbond substituents is 1. The van der Waals surface area contributed by atoms with Crippen molar-refractivity contribution in [2.24, 2.45) is 0 Å². The molecule has 3 aliphatic heterocycles. The van der Waals surface area contributed by atoms with E-state index in [4.69, 9.17) is 26.1 Å². The van der Waals surface area contributed by atoms with Crippen molar-refractivity contribution in [3.63, 3.8) is 0 Å². The number of aromatic hydroxyl groups is 1. The predicted octanol–water partition coefficient (Wildman–Crippen LogP) is 4.39. The summed E-state index contributed by atoms with van der Waals surface area (Å²) in [6.45, 7) is 5.24. The molecule has 0 aliphatic carbocycles. The van der Waals surface area contributed by atoms with Crippen LogP contribution in [0.15, 0.2) is 30.5 Å². The van der Waals surface area contributed by atoms with Gasteiger partial charge in [-0.1, -0.05) is 12.0 Å². The Morgan fingerprint density at radius 2 is 1.93 bits per heavy atom. The summed E-state index contributed by atoms with van der Waals surface area (Å²) in [5.74, 6) is 2.86. The predicted molar refractivity (Wildman–Crippen MR) is 158 cm³/mol. The van der Waals surface area contributed by atoms with Crippen molar-refractivity contribution < 1.29 is 14.2 Å². The summed E-state index contributed by atoms with van der Waals surface area (Å²) in [6.07, 6.45) is 12.1. The molecule has 2 N–H and O–H groups in total. The average molecular weight is 553 g/mol. The van der Waals surface area contributed by atoms with Gasteiger partial charge in [-0.25, -0.2) is 4.39 Å². The minimum atomic E-state index is -0.483. The van der Waals surface area contributed by atoms with E-state index in [2.05, 4.69) is 28.1 Å². The van der Waals surface area contributed by atoms with Crippen LogP contribution in [0, 0.1) is 25.1 Å². The highest BCUT2D eigenvalue weighted by Gasteiger charge is 2.34. The molecular formula is C32H33FN6O2. The molecule has 3 unspecified atom stereocenters. The summed E-state index contributed by atoms with van der Waals surface area (Å²) < 4.78 is 21.1. The highest BCUT2D eigenvalue weighted by molar-refractivity contribution is 6.04. The normalized spacial score (nSPS) is 22.5. The fourth-order valence-electron chi connectivity index (χ4n) is 6.82. The van der Waals surface area contributed by atoms with Gasteiger partial charge < -0.3 is 25.0 Å². The lowest BCUT2D eigenvalue weighted by molar-refractivity contribution is 0.188. The molecule has 2 aromatic carbocycles. The molecular weight excluding hydrogens is 519 g/mol. The number of hydrogen-bond acceptors (Lipinski definition) is 8. The van der Waals surface area contributed by atoms with Crippen molar-refractivity contribution in [3.8, 4) is 35.2 Å². The Bertz CT molecular complexity index is 1710. The Hall–Kier alpha value is -4.00. The molecule has 3 atom stereocenters. The van der Waals surface area contributed by atoms with Gasteiger partial charge in [0.1, 0.15) is 29.2 Å². The number of rotatable bonds is 5. The number of anilines is 1. The minimum absolute atomic E-state index is 0.0611. The summed E-state index contributed by atoms with van der Waals surface area (Å²) in [4.78, 5) is 19.3. The lowest BCUT2D eigenvalue weighted by atomic mass is 9.92. The van der Waals surface area contributed by atoms with E-state index in [1.54, 1.807) is 24.4 Å². The first kappa shape index (κ1) is 25.9. The fraction of sp³-hybridized carbons (Fsp3) is 0.406. The summed E-state index contributed by atoms with van der Waals surface area (Å²) >= 11 is 0. The molecule has 3 aliphatic rings. The van der Waals surface area contributed by atoms with Crippen LogP contribution >= 0.6 is 0 Å². The highest BCUT2D eigenvalue weighted by Crippen LogP contribution is 2.40. The molecule has 2 aromatic heterocycles. The number of pyridine rings is 1. The number of terminal acetylenes is 1. The van der Waals surface area contributed by atoms with Crippen LogP contribution in [0.1, 0.15) is 36.8 Å². The number of ether oxygens (including phenoxy) is 1. The second kappa shape index (κ2) is 10.1. The monoisotopic (exact) mass is 552 g/mol. The maximum absolute atomic E-state index is 14.8. The number of piperazine rings is 1. The van der Waals surface area contributed by atoms with Gasteiger partial charge in [-0.05, 0) is 80.9 Å². The van der Waals surface area contributed by atoms with Gasteiger partial charge in [-0.3, -0.25) is 4.98 Å². The van der Waals surface area contributed by atoms with Gasteiger partial charge in [-0.15, -0.1) is 6.42 Å². The molecule has 8 nitrogen and oxygen atoms in total. The molecule has 5 heterocycles. The van der Waals surface area contributed by atoms with E-state index < -0.39 is 5.82 Å². The third-order valence-corrected chi connectivity index (χ3v) is 9.01.